The lowest BCUT2D eigenvalue weighted by Gasteiger charge is -2.20. The molecule has 26 heavy (non-hydrogen) atoms. The van der Waals surface area contributed by atoms with Crippen LogP contribution in [0.1, 0.15) is 42.5 Å². The highest BCUT2D eigenvalue weighted by Gasteiger charge is 2.17. The summed E-state index contributed by atoms with van der Waals surface area (Å²) in [5.74, 6) is 0.685. The van der Waals surface area contributed by atoms with Crippen molar-refractivity contribution < 1.29 is 14.4 Å². The molecule has 2 aromatic carbocycles. The van der Waals surface area contributed by atoms with Gasteiger partial charge in [0.2, 0.25) is 0 Å². The first-order chi connectivity index (χ1) is 12.2. The summed E-state index contributed by atoms with van der Waals surface area (Å²) in [6.07, 6.45) is 0. The summed E-state index contributed by atoms with van der Waals surface area (Å²) in [7, 11) is 0. The van der Waals surface area contributed by atoms with Crippen LogP contribution in [0.25, 0.3) is 11.5 Å². The van der Waals surface area contributed by atoms with Gasteiger partial charge in [-0.05, 0) is 54.3 Å². The number of aryl methyl sites for hydroxylation is 1. The summed E-state index contributed by atoms with van der Waals surface area (Å²) in [4.78, 5) is 16.7. The van der Waals surface area contributed by atoms with Gasteiger partial charge >= 0.3 is 0 Å². The highest BCUT2D eigenvalue weighted by atomic mass is 16.5. The van der Waals surface area contributed by atoms with Gasteiger partial charge in [0.05, 0.1) is 5.69 Å². The molecule has 0 aliphatic carbocycles. The van der Waals surface area contributed by atoms with Crippen LogP contribution in [0.15, 0.2) is 47.0 Å². The van der Waals surface area contributed by atoms with E-state index >= 15 is 0 Å². The van der Waals surface area contributed by atoms with Gasteiger partial charge in [-0.2, -0.15) is 4.98 Å². The number of rotatable bonds is 3. The predicted molar refractivity (Wildman–Crippen MR) is 99.2 cm³/mol. The number of anilines is 1. The number of phenols is 1. The minimum atomic E-state index is -0.306. The topological polar surface area (TPSA) is 88.2 Å². The van der Waals surface area contributed by atoms with E-state index in [1.807, 2.05) is 6.07 Å². The van der Waals surface area contributed by atoms with Crippen LogP contribution in [0.5, 0.6) is 5.75 Å². The fourth-order valence-corrected chi connectivity index (χ4v) is 2.48. The zero-order valence-corrected chi connectivity index (χ0v) is 15.2. The second-order valence-electron chi connectivity index (χ2n) is 7.16. The molecule has 0 bridgehead atoms. The Morgan fingerprint density at radius 2 is 1.81 bits per heavy atom. The molecule has 6 nitrogen and oxygen atoms in total. The number of hydrogen-bond acceptors (Lipinski definition) is 5. The van der Waals surface area contributed by atoms with Gasteiger partial charge in [-0.1, -0.05) is 32.0 Å². The Hall–Kier alpha value is -3.15. The zero-order valence-electron chi connectivity index (χ0n) is 15.2. The molecular weight excluding hydrogens is 330 g/mol. The summed E-state index contributed by atoms with van der Waals surface area (Å²) >= 11 is 0. The van der Waals surface area contributed by atoms with E-state index < -0.39 is 0 Å². The van der Waals surface area contributed by atoms with Gasteiger partial charge in [0.25, 0.3) is 11.8 Å². The Morgan fingerprint density at radius 1 is 1.12 bits per heavy atom. The van der Waals surface area contributed by atoms with Crippen molar-refractivity contribution in [2.75, 3.05) is 5.32 Å². The highest BCUT2D eigenvalue weighted by Crippen LogP contribution is 2.31. The van der Waals surface area contributed by atoms with Crippen LogP contribution < -0.4 is 5.32 Å². The summed E-state index contributed by atoms with van der Waals surface area (Å²) in [5.41, 5.74) is 2.52. The molecule has 0 unspecified atom stereocenters. The maximum absolute atomic E-state index is 12.5. The van der Waals surface area contributed by atoms with Gasteiger partial charge in [0.1, 0.15) is 5.75 Å². The lowest BCUT2D eigenvalue weighted by molar-refractivity contribution is 0.102. The number of phenolic OH excluding ortho intramolecular Hbond substituents is 1. The van der Waals surface area contributed by atoms with Crippen molar-refractivity contribution in [2.45, 2.75) is 33.1 Å². The summed E-state index contributed by atoms with van der Waals surface area (Å²) in [6, 6.07) is 12.1. The SMILES string of the molecule is Cc1noc(-c2ccc(C(=O)Nc3cc(C(C)(C)C)ccc3O)cc2)n1. The molecule has 0 aliphatic rings. The fraction of sp³-hybridized carbons (Fsp3) is 0.250. The number of amides is 1. The average molecular weight is 351 g/mol. The zero-order chi connectivity index (χ0) is 18.9. The Kier molecular flexibility index (Phi) is 4.50. The molecule has 0 fully saturated rings. The quantitative estimate of drug-likeness (QED) is 0.687. The Labute approximate surface area is 151 Å². The van der Waals surface area contributed by atoms with Crippen molar-refractivity contribution in [3.8, 4) is 17.2 Å². The number of carbonyl (C=O) groups is 1. The normalized spacial score (nSPS) is 11.4. The number of nitrogens with one attached hydrogen (secondary N) is 1. The molecule has 0 saturated carbocycles. The summed E-state index contributed by atoms with van der Waals surface area (Å²) < 4.78 is 5.11. The van der Waals surface area contributed by atoms with Crippen LogP contribution in [0.4, 0.5) is 5.69 Å². The monoisotopic (exact) mass is 351 g/mol. The Balaban J connectivity index is 1.80. The molecule has 1 aromatic heterocycles. The molecule has 3 rings (SSSR count). The predicted octanol–water partition coefficient (Wildman–Crippen LogP) is 4.30. The molecule has 2 N–H and O–H groups in total. The van der Waals surface area contributed by atoms with Crippen LogP contribution >= 0.6 is 0 Å². The molecule has 6 heteroatoms. The number of carbonyl (C=O) groups excluding carboxylic acids is 1. The molecule has 0 spiro atoms. The Morgan fingerprint density at radius 3 is 2.38 bits per heavy atom. The van der Waals surface area contributed by atoms with Crippen LogP contribution in [0, 0.1) is 6.92 Å². The van der Waals surface area contributed by atoms with E-state index in [2.05, 4.69) is 36.2 Å². The summed E-state index contributed by atoms with van der Waals surface area (Å²) in [6.45, 7) is 7.96. The van der Waals surface area contributed by atoms with Crippen LogP contribution in [0.3, 0.4) is 0 Å². The molecule has 1 amide bonds. The van der Waals surface area contributed by atoms with E-state index in [-0.39, 0.29) is 17.1 Å². The molecule has 1 heterocycles. The van der Waals surface area contributed by atoms with Crippen molar-refractivity contribution in [1.29, 1.82) is 0 Å². The molecule has 0 aliphatic heterocycles. The lowest BCUT2D eigenvalue weighted by atomic mass is 9.87. The standard InChI is InChI=1S/C20H21N3O3/c1-12-21-19(26-23-12)14-7-5-13(6-8-14)18(25)22-16-11-15(20(2,3)4)9-10-17(16)24/h5-11,24H,1-4H3,(H,22,25). The first-order valence-corrected chi connectivity index (χ1v) is 8.29. The van der Waals surface area contributed by atoms with E-state index in [1.54, 1.807) is 43.3 Å². The minimum Gasteiger partial charge on any atom is -0.506 e. The second kappa shape index (κ2) is 6.63. The van der Waals surface area contributed by atoms with E-state index in [4.69, 9.17) is 4.52 Å². The number of aromatic hydroxyl groups is 1. The van der Waals surface area contributed by atoms with E-state index in [0.29, 0.717) is 23.0 Å². The minimum absolute atomic E-state index is 0.0318. The smallest absolute Gasteiger partial charge is 0.257 e. The van der Waals surface area contributed by atoms with Crippen molar-refractivity contribution in [1.82, 2.24) is 10.1 Å². The maximum Gasteiger partial charge on any atom is 0.257 e. The lowest BCUT2D eigenvalue weighted by Crippen LogP contribution is -2.15. The van der Waals surface area contributed by atoms with Crippen molar-refractivity contribution in [3.05, 3.63) is 59.4 Å². The molecule has 0 atom stereocenters. The van der Waals surface area contributed by atoms with Crippen molar-refractivity contribution in [3.63, 3.8) is 0 Å². The third-order valence-electron chi connectivity index (χ3n) is 4.03. The molecular formula is C20H21N3O3. The summed E-state index contributed by atoms with van der Waals surface area (Å²) in [5, 5.41) is 16.6. The first kappa shape index (κ1) is 17.7. The van der Waals surface area contributed by atoms with Gasteiger partial charge in [-0.3, -0.25) is 4.79 Å². The van der Waals surface area contributed by atoms with E-state index in [0.717, 1.165) is 11.1 Å². The van der Waals surface area contributed by atoms with Crippen molar-refractivity contribution >= 4 is 11.6 Å². The Bertz CT molecular complexity index is 938. The molecule has 134 valence electrons. The molecule has 0 radical (unpaired) electrons. The van der Waals surface area contributed by atoms with Crippen LogP contribution in [-0.2, 0) is 5.41 Å². The van der Waals surface area contributed by atoms with Gasteiger partial charge in [-0.15, -0.1) is 0 Å². The molecule has 3 aromatic rings. The van der Waals surface area contributed by atoms with E-state index in [1.165, 1.54) is 0 Å². The molecule has 0 saturated heterocycles. The second-order valence-corrected chi connectivity index (χ2v) is 7.16. The fourth-order valence-electron chi connectivity index (χ4n) is 2.48. The van der Waals surface area contributed by atoms with Crippen molar-refractivity contribution in [2.24, 2.45) is 0 Å². The third kappa shape index (κ3) is 3.74. The highest BCUT2D eigenvalue weighted by molar-refractivity contribution is 6.05. The van der Waals surface area contributed by atoms with Gasteiger partial charge in [0, 0.05) is 11.1 Å². The first-order valence-electron chi connectivity index (χ1n) is 8.29. The number of aromatic nitrogens is 2. The van der Waals surface area contributed by atoms with Crippen LogP contribution in [0.2, 0.25) is 0 Å². The number of hydrogen-bond donors (Lipinski definition) is 2. The number of benzene rings is 2. The van der Waals surface area contributed by atoms with Crippen LogP contribution in [-0.4, -0.2) is 21.2 Å². The van der Waals surface area contributed by atoms with Gasteiger partial charge in [-0.25, -0.2) is 0 Å². The largest absolute Gasteiger partial charge is 0.506 e. The van der Waals surface area contributed by atoms with Gasteiger partial charge in [0.15, 0.2) is 5.82 Å². The average Bonchev–Trinajstić information content (AvgIpc) is 3.02. The maximum atomic E-state index is 12.5. The van der Waals surface area contributed by atoms with Gasteiger partial charge < -0.3 is 14.9 Å². The third-order valence-corrected chi connectivity index (χ3v) is 4.03. The van der Waals surface area contributed by atoms with E-state index in [9.17, 15) is 9.90 Å². The number of nitrogens with zero attached hydrogens (tertiary/aromatic N) is 2.